The summed E-state index contributed by atoms with van der Waals surface area (Å²) in [6.45, 7) is 1.70. The van der Waals surface area contributed by atoms with Gasteiger partial charge in [-0.15, -0.1) is 0 Å². The lowest BCUT2D eigenvalue weighted by Gasteiger charge is -2.23. The molecule has 1 amide bonds. The number of nitrogens with zero attached hydrogens (tertiary/aromatic N) is 4. The molecule has 0 saturated carbocycles. The highest BCUT2D eigenvalue weighted by atomic mass is 16.6. The van der Waals surface area contributed by atoms with Gasteiger partial charge in [0.25, 0.3) is 5.91 Å². The van der Waals surface area contributed by atoms with E-state index in [4.69, 9.17) is 11.1 Å². The Morgan fingerprint density at radius 1 is 1.75 bits per heavy atom. The van der Waals surface area contributed by atoms with E-state index < -0.39 is 16.6 Å². The molecular formula is C11H14N6O3. The van der Waals surface area contributed by atoms with Crippen molar-refractivity contribution in [2.45, 2.75) is 19.4 Å². The van der Waals surface area contributed by atoms with E-state index in [2.05, 4.69) is 10.4 Å². The summed E-state index contributed by atoms with van der Waals surface area (Å²) in [6.07, 6.45) is 1.27. The molecule has 1 heterocycles. The lowest BCUT2D eigenvalue weighted by Crippen LogP contribution is -2.35. The molecule has 0 saturated heterocycles. The Kier molecular flexibility index (Phi) is 4.94. The van der Waals surface area contributed by atoms with Crippen molar-refractivity contribution in [3.05, 3.63) is 27.9 Å². The van der Waals surface area contributed by atoms with Gasteiger partial charge in [0.05, 0.1) is 24.1 Å². The Hall–Kier alpha value is -2.73. The van der Waals surface area contributed by atoms with E-state index in [1.165, 1.54) is 11.9 Å². The number of carbonyl (C=O) groups is 1. The summed E-state index contributed by atoms with van der Waals surface area (Å²) >= 11 is 0. The number of amides is 1. The number of pyridine rings is 1. The molecular weight excluding hydrogens is 264 g/mol. The van der Waals surface area contributed by atoms with Gasteiger partial charge in [-0.1, -0.05) is 0 Å². The summed E-state index contributed by atoms with van der Waals surface area (Å²) < 4.78 is 0. The highest BCUT2D eigenvalue weighted by molar-refractivity contribution is 5.99. The minimum atomic E-state index is -0.699. The van der Waals surface area contributed by atoms with Crippen LogP contribution in [0.4, 0.5) is 11.5 Å². The minimum Gasteiger partial charge on any atom is -0.358 e. The average molecular weight is 278 g/mol. The molecule has 1 rings (SSSR count). The van der Waals surface area contributed by atoms with E-state index in [1.807, 2.05) is 6.07 Å². The van der Waals surface area contributed by atoms with Gasteiger partial charge in [-0.3, -0.25) is 10.6 Å². The van der Waals surface area contributed by atoms with Crippen LogP contribution in [0, 0.1) is 21.4 Å². The van der Waals surface area contributed by atoms with Crippen LogP contribution in [0.1, 0.15) is 23.7 Å². The maximum absolute atomic E-state index is 12.3. The molecule has 9 heteroatoms. The molecule has 0 spiro atoms. The van der Waals surface area contributed by atoms with Crippen LogP contribution in [0.25, 0.3) is 0 Å². The van der Waals surface area contributed by atoms with Crippen molar-refractivity contribution < 1.29 is 9.72 Å². The SMILES string of the molecule is CC(CC#N)N(C)C(=O)c1cc([N+](=O)[O-])ncc1NN. The van der Waals surface area contributed by atoms with Crippen LogP contribution in [0.3, 0.4) is 0 Å². The molecule has 9 nitrogen and oxygen atoms in total. The van der Waals surface area contributed by atoms with Crippen molar-refractivity contribution in [3.63, 3.8) is 0 Å². The lowest BCUT2D eigenvalue weighted by atomic mass is 10.1. The van der Waals surface area contributed by atoms with E-state index in [-0.39, 0.29) is 23.7 Å². The zero-order valence-corrected chi connectivity index (χ0v) is 11.0. The molecule has 1 unspecified atom stereocenters. The fourth-order valence-electron chi connectivity index (χ4n) is 1.50. The van der Waals surface area contributed by atoms with Crippen molar-refractivity contribution in [2.75, 3.05) is 12.5 Å². The molecule has 20 heavy (non-hydrogen) atoms. The van der Waals surface area contributed by atoms with Crippen LogP contribution in [0.15, 0.2) is 12.3 Å². The zero-order valence-electron chi connectivity index (χ0n) is 11.0. The fourth-order valence-corrected chi connectivity index (χ4v) is 1.50. The summed E-state index contributed by atoms with van der Waals surface area (Å²) in [4.78, 5) is 27.2. The second-order valence-corrected chi connectivity index (χ2v) is 4.12. The molecule has 0 radical (unpaired) electrons. The van der Waals surface area contributed by atoms with E-state index in [0.29, 0.717) is 0 Å². The monoisotopic (exact) mass is 278 g/mol. The predicted octanol–water partition coefficient (Wildman–Crippen LogP) is 0.650. The van der Waals surface area contributed by atoms with Gasteiger partial charge in [-0.2, -0.15) is 5.26 Å². The summed E-state index contributed by atoms with van der Waals surface area (Å²) in [7, 11) is 1.51. The molecule has 0 bridgehead atoms. The van der Waals surface area contributed by atoms with Crippen molar-refractivity contribution in [1.29, 1.82) is 5.26 Å². The molecule has 1 atom stereocenters. The van der Waals surface area contributed by atoms with Gasteiger partial charge in [0.1, 0.15) is 5.69 Å². The number of hydrogen-bond donors (Lipinski definition) is 2. The maximum Gasteiger partial charge on any atom is 0.364 e. The van der Waals surface area contributed by atoms with E-state index in [1.54, 1.807) is 6.92 Å². The largest absolute Gasteiger partial charge is 0.364 e. The molecule has 0 aliphatic heterocycles. The number of aromatic nitrogens is 1. The smallest absolute Gasteiger partial charge is 0.358 e. The standard InChI is InChI=1S/C11H14N6O3/c1-7(3-4-12)16(2)11(18)8-5-10(17(19)20)14-6-9(8)15-13/h5-7,15H,3,13H2,1-2H3. The van der Waals surface area contributed by atoms with Crippen LogP contribution < -0.4 is 11.3 Å². The first-order chi connectivity index (χ1) is 9.42. The second kappa shape index (κ2) is 6.44. The maximum atomic E-state index is 12.3. The first-order valence-electron chi connectivity index (χ1n) is 5.67. The molecule has 3 N–H and O–H groups in total. The first-order valence-corrected chi connectivity index (χ1v) is 5.67. The number of anilines is 1. The predicted molar refractivity (Wildman–Crippen MR) is 70.5 cm³/mol. The molecule has 1 aromatic heterocycles. The number of rotatable bonds is 5. The molecule has 0 aliphatic rings. The Balaban J connectivity index is 3.16. The zero-order chi connectivity index (χ0) is 15.3. The van der Waals surface area contributed by atoms with Gasteiger partial charge in [0.15, 0.2) is 6.20 Å². The van der Waals surface area contributed by atoms with Crippen LogP contribution in [-0.4, -0.2) is 33.8 Å². The van der Waals surface area contributed by atoms with Crippen LogP contribution in [-0.2, 0) is 0 Å². The van der Waals surface area contributed by atoms with E-state index in [0.717, 1.165) is 12.3 Å². The Labute approximate surface area is 115 Å². The van der Waals surface area contributed by atoms with Crippen molar-refractivity contribution >= 4 is 17.4 Å². The number of nitrogens with one attached hydrogen (secondary N) is 1. The summed E-state index contributed by atoms with van der Waals surface area (Å²) in [5.41, 5.74) is 2.48. The number of nitriles is 1. The molecule has 0 fully saturated rings. The number of hydrogen-bond acceptors (Lipinski definition) is 7. The number of carbonyl (C=O) groups excluding carboxylic acids is 1. The Morgan fingerprint density at radius 3 is 2.90 bits per heavy atom. The summed E-state index contributed by atoms with van der Waals surface area (Å²) in [6, 6.07) is 2.68. The minimum absolute atomic E-state index is 0.0292. The van der Waals surface area contributed by atoms with Crippen LogP contribution in [0.5, 0.6) is 0 Å². The lowest BCUT2D eigenvalue weighted by molar-refractivity contribution is -0.389. The van der Waals surface area contributed by atoms with E-state index >= 15 is 0 Å². The quantitative estimate of drug-likeness (QED) is 0.458. The number of nitrogens with two attached hydrogens (primary N) is 1. The van der Waals surface area contributed by atoms with Gasteiger partial charge in [-0.25, -0.2) is 0 Å². The van der Waals surface area contributed by atoms with Crippen molar-refractivity contribution in [1.82, 2.24) is 9.88 Å². The van der Waals surface area contributed by atoms with Crippen molar-refractivity contribution in [2.24, 2.45) is 5.84 Å². The Bertz CT molecular complexity index is 568. The summed E-state index contributed by atoms with van der Waals surface area (Å²) in [5.74, 6) is 4.34. The van der Waals surface area contributed by atoms with Gasteiger partial charge in [-0.05, 0) is 16.8 Å². The average Bonchev–Trinajstić information content (AvgIpc) is 2.45. The van der Waals surface area contributed by atoms with Crippen LogP contribution >= 0.6 is 0 Å². The second-order valence-electron chi connectivity index (χ2n) is 4.12. The summed E-state index contributed by atoms with van der Waals surface area (Å²) in [5, 5.41) is 19.3. The van der Waals surface area contributed by atoms with Crippen LogP contribution in [0.2, 0.25) is 0 Å². The van der Waals surface area contributed by atoms with E-state index in [9.17, 15) is 14.9 Å². The molecule has 1 aromatic rings. The third-order valence-corrected chi connectivity index (χ3v) is 2.83. The first kappa shape index (κ1) is 15.3. The number of nitrogen functional groups attached to an aromatic ring is 1. The molecule has 0 aromatic carbocycles. The van der Waals surface area contributed by atoms with Gasteiger partial charge in [0.2, 0.25) is 0 Å². The number of nitro groups is 1. The normalized spacial score (nSPS) is 11.3. The highest BCUT2D eigenvalue weighted by Gasteiger charge is 2.23. The van der Waals surface area contributed by atoms with Gasteiger partial charge in [0, 0.05) is 13.1 Å². The van der Waals surface area contributed by atoms with Crippen molar-refractivity contribution in [3.8, 4) is 6.07 Å². The Morgan fingerprint density at radius 2 is 2.40 bits per heavy atom. The van der Waals surface area contributed by atoms with Gasteiger partial charge >= 0.3 is 5.82 Å². The third kappa shape index (κ3) is 3.18. The molecule has 106 valence electrons. The molecule has 0 aliphatic carbocycles. The number of hydrazine groups is 1. The highest BCUT2D eigenvalue weighted by Crippen LogP contribution is 2.21. The fraction of sp³-hybridized carbons (Fsp3) is 0.364. The third-order valence-electron chi connectivity index (χ3n) is 2.83. The topological polar surface area (TPSA) is 138 Å². The van der Waals surface area contributed by atoms with Gasteiger partial charge < -0.3 is 20.4 Å².